The Hall–Kier alpha value is -2.01. The molecule has 0 fully saturated rings. The molecule has 18 heavy (non-hydrogen) atoms. The number of aryl methyl sites for hydroxylation is 1. The molecule has 1 aromatic carbocycles. The van der Waals surface area contributed by atoms with Gasteiger partial charge in [0.2, 0.25) is 0 Å². The molecule has 0 aliphatic carbocycles. The zero-order valence-electron chi connectivity index (χ0n) is 9.75. The average molecular weight is 257 g/mol. The summed E-state index contributed by atoms with van der Waals surface area (Å²) in [6.07, 6.45) is 5.19. The minimum atomic E-state index is 0.627. The smallest absolute Gasteiger partial charge is 0.260 e. The molecular formula is C13H11N3OS. The number of hydrogen-bond donors (Lipinski definition) is 1. The first-order valence-electron chi connectivity index (χ1n) is 5.46. The van der Waals surface area contributed by atoms with Gasteiger partial charge >= 0.3 is 0 Å². The molecule has 0 aliphatic heterocycles. The van der Waals surface area contributed by atoms with Crippen LogP contribution in [-0.4, -0.2) is 9.97 Å². The SMILES string of the molecule is Cc1coc(Sc2ccc(N)c3ccncc23)n1. The molecule has 0 bridgehead atoms. The predicted octanol–water partition coefficient (Wildman–Crippen LogP) is 3.26. The van der Waals surface area contributed by atoms with E-state index in [2.05, 4.69) is 9.97 Å². The van der Waals surface area contributed by atoms with Crippen molar-refractivity contribution in [3.63, 3.8) is 0 Å². The molecule has 5 heteroatoms. The van der Waals surface area contributed by atoms with Gasteiger partial charge in [0, 0.05) is 33.7 Å². The average Bonchev–Trinajstić information content (AvgIpc) is 2.79. The third kappa shape index (κ3) is 1.93. The third-order valence-electron chi connectivity index (χ3n) is 2.61. The number of anilines is 1. The number of aromatic nitrogens is 2. The lowest BCUT2D eigenvalue weighted by Crippen LogP contribution is -1.89. The van der Waals surface area contributed by atoms with Gasteiger partial charge in [0.25, 0.3) is 5.22 Å². The maximum Gasteiger partial charge on any atom is 0.260 e. The van der Waals surface area contributed by atoms with Crippen LogP contribution < -0.4 is 5.73 Å². The van der Waals surface area contributed by atoms with Crippen LogP contribution in [0.2, 0.25) is 0 Å². The van der Waals surface area contributed by atoms with E-state index in [1.165, 1.54) is 11.8 Å². The first-order chi connectivity index (χ1) is 8.74. The number of nitrogens with zero attached hydrogens (tertiary/aromatic N) is 2. The van der Waals surface area contributed by atoms with Crippen molar-refractivity contribution in [2.75, 3.05) is 5.73 Å². The molecule has 90 valence electrons. The number of nitrogens with two attached hydrogens (primary N) is 1. The number of oxazole rings is 1. The van der Waals surface area contributed by atoms with Crippen molar-refractivity contribution in [1.82, 2.24) is 9.97 Å². The van der Waals surface area contributed by atoms with E-state index in [-0.39, 0.29) is 0 Å². The molecule has 4 nitrogen and oxygen atoms in total. The van der Waals surface area contributed by atoms with E-state index in [0.717, 1.165) is 27.0 Å². The molecule has 3 rings (SSSR count). The highest BCUT2D eigenvalue weighted by Crippen LogP contribution is 2.34. The molecule has 0 unspecified atom stereocenters. The number of rotatable bonds is 2. The molecular weight excluding hydrogens is 246 g/mol. The predicted molar refractivity (Wildman–Crippen MR) is 71.5 cm³/mol. The summed E-state index contributed by atoms with van der Waals surface area (Å²) in [5, 5.41) is 2.64. The van der Waals surface area contributed by atoms with Crippen molar-refractivity contribution < 1.29 is 4.42 Å². The summed E-state index contributed by atoms with van der Waals surface area (Å²) >= 11 is 1.47. The van der Waals surface area contributed by atoms with Gasteiger partial charge in [-0.15, -0.1) is 0 Å². The van der Waals surface area contributed by atoms with Crippen LogP contribution in [0.5, 0.6) is 0 Å². The van der Waals surface area contributed by atoms with Crippen LogP contribution in [0.25, 0.3) is 10.8 Å². The molecule has 3 aromatic rings. The summed E-state index contributed by atoms with van der Waals surface area (Å²) < 4.78 is 5.35. The lowest BCUT2D eigenvalue weighted by molar-refractivity contribution is 0.454. The minimum absolute atomic E-state index is 0.627. The molecule has 0 saturated heterocycles. The fourth-order valence-electron chi connectivity index (χ4n) is 1.75. The number of nitrogen functional groups attached to an aromatic ring is 1. The van der Waals surface area contributed by atoms with Gasteiger partial charge in [-0.2, -0.15) is 0 Å². The van der Waals surface area contributed by atoms with Gasteiger partial charge in [-0.05, 0) is 36.9 Å². The van der Waals surface area contributed by atoms with E-state index in [1.807, 2.05) is 31.3 Å². The van der Waals surface area contributed by atoms with E-state index < -0.39 is 0 Å². The van der Waals surface area contributed by atoms with Gasteiger partial charge in [0.1, 0.15) is 6.26 Å². The second-order valence-corrected chi connectivity index (χ2v) is 4.92. The molecule has 0 saturated carbocycles. The van der Waals surface area contributed by atoms with E-state index in [4.69, 9.17) is 10.2 Å². The Kier molecular flexibility index (Phi) is 2.68. The lowest BCUT2D eigenvalue weighted by atomic mass is 10.1. The monoisotopic (exact) mass is 257 g/mol. The quantitative estimate of drug-likeness (QED) is 0.714. The zero-order valence-corrected chi connectivity index (χ0v) is 10.6. The number of fused-ring (bicyclic) bond motifs is 1. The third-order valence-corrected chi connectivity index (χ3v) is 3.55. The molecule has 2 aromatic heterocycles. The van der Waals surface area contributed by atoms with Crippen LogP contribution in [0.3, 0.4) is 0 Å². The van der Waals surface area contributed by atoms with Crippen LogP contribution >= 0.6 is 11.8 Å². The van der Waals surface area contributed by atoms with E-state index in [0.29, 0.717) is 5.22 Å². The van der Waals surface area contributed by atoms with Crippen molar-refractivity contribution in [3.05, 3.63) is 42.5 Å². The standard InChI is InChI=1S/C13H11N3OS/c1-8-7-17-13(16-8)18-12-3-2-11(14)9-4-5-15-6-10(9)12/h2-7H,14H2,1H3. The Labute approximate surface area is 108 Å². The van der Waals surface area contributed by atoms with E-state index in [1.54, 1.807) is 12.5 Å². The van der Waals surface area contributed by atoms with Crippen molar-refractivity contribution in [2.45, 2.75) is 17.0 Å². The van der Waals surface area contributed by atoms with Crippen LogP contribution in [0, 0.1) is 6.92 Å². The van der Waals surface area contributed by atoms with Crippen molar-refractivity contribution in [2.24, 2.45) is 0 Å². The largest absolute Gasteiger partial charge is 0.439 e. The Bertz CT molecular complexity index is 708. The van der Waals surface area contributed by atoms with E-state index >= 15 is 0 Å². The van der Waals surface area contributed by atoms with Crippen molar-refractivity contribution >= 4 is 28.2 Å². The molecule has 2 heterocycles. The van der Waals surface area contributed by atoms with Gasteiger partial charge in [0.05, 0.1) is 5.69 Å². The van der Waals surface area contributed by atoms with Gasteiger partial charge < -0.3 is 10.2 Å². The fourth-order valence-corrected chi connectivity index (χ4v) is 2.63. The summed E-state index contributed by atoms with van der Waals surface area (Å²) in [7, 11) is 0. The minimum Gasteiger partial charge on any atom is -0.439 e. The summed E-state index contributed by atoms with van der Waals surface area (Å²) in [5.74, 6) is 0. The topological polar surface area (TPSA) is 64.9 Å². The van der Waals surface area contributed by atoms with Gasteiger partial charge in [-0.1, -0.05) is 0 Å². The van der Waals surface area contributed by atoms with Crippen molar-refractivity contribution in [3.8, 4) is 0 Å². The van der Waals surface area contributed by atoms with Crippen molar-refractivity contribution in [1.29, 1.82) is 0 Å². The summed E-state index contributed by atoms with van der Waals surface area (Å²) in [4.78, 5) is 9.46. The van der Waals surface area contributed by atoms with E-state index in [9.17, 15) is 0 Å². The van der Waals surface area contributed by atoms with Crippen LogP contribution in [0.4, 0.5) is 5.69 Å². The number of benzene rings is 1. The van der Waals surface area contributed by atoms with Crippen LogP contribution in [0.1, 0.15) is 5.69 Å². The van der Waals surface area contributed by atoms with Gasteiger partial charge in [-0.3, -0.25) is 4.98 Å². The van der Waals surface area contributed by atoms with Gasteiger partial charge in [0.15, 0.2) is 0 Å². The second-order valence-electron chi connectivity index (χ2n) is 3.93. The van der Waals surface area contributed by atoms with Crippen LogP contribution in [-0.2, 0) is 0 Å². The highest BCUT2D eigenvalue weighted by atomic mass is 32.2. The Morgan fingerprint density at radius 2 is 2.11 bits per heavy atom. The maximum atomic E-state index is 5.95. The first-order valence-corrected chi connectivity index (χ1v) is 6.28. The highest BCUT2D eigenvalue weighted by Gasteiger charge is 2.09. The summed E-state index contributed by atoms with van der Waals surface area (Å²) in [5.41, 5.74) is 7.57. The lowest BCUT2D eigenvalue weighted by Gasteiger charge is -2.05. The Balaban J connectivity index is 2.09. The first kappa shape index (κ1) is 11.1. The summed E-state index contributed by atoms with van der Waals surface area (Å²) in [6, 6.07) is 5.76. The molecule has 0 atom stereocenters. The fraction of sp³-hybridized carbons (Fsp3) is 0.0769. The maximum absolute atomic E-state index is 5.95. The molecule has 0 radical (unpaired) electrons. The highest BCUT2D eigenvalue weighted by molar-refractivity contribution is 7.99. The molecule has 0 aliphatic rings. The number of hydrogen-bond acceptors (Lipinski definition) is 5. The Morgan fingerprint density at radius 1 is 1.22 bits per heavy atom. The molecule has 0 amide bonds. The normalized spacial score (nSPS) is 10.9. The zero-order chi connectivity index (χ0) is 12.5. The summed E-state index contributed by atoms with van der Waals surface area (Å²) in [6.45, 7) is 1.90. The second kappa shape index (κ2) is 4.34. The van der Waals surface area contributed by atoms with Gasteiger partial charge in [-0.25, -0.2) is 4.98 Å². The molecule has 0 spiro atoms. The Morgan fingerprint density at radius 3 is 2.89 bits per heavy atom. The molecule has 2 N–H and O–H groups in total. The van der Waals surface area contributed by atoms with Crippen LogP contribution in [0.15, 0.2) is 51.4 Å². The number of pyridine rings is 1.